The lowest BCUT2D eigenvalue weighted by Gasteiger charge is -2.35. The van der Waals surface area contributed by atoms with Crippen LogP contribution in [-0.4, -0.2) is 87.0 Å². The van der Waals surface area contributed by atoms with Gasteiger partial charge in [0.05, 0.1) is 38.9 Å². The van der Waals surface area contributed by atoms with E-state index >= 15 is 0 Å². The number of anilines is 1. The van der Waals surface area contributed by atoms with Crippen LogP contribution in [0.3, 0.4) is 0 Å². The molecule has 0 saturated carbocycles. The van der Waals surface area contributed by atoms with E-state index in [9.17, 15) is 33.9 Å². The van der Waals surface area contributed by atoms with Crippen LogP contribution < -0.4 is 27.0 Å². The number of alkyl carbamates (subject to hydrolysis) is 1. The van der Waals surface area contributed by atoms with E-state index in [1.165, 1.54) is 4.90 Å². The first kappa shape index (κ1) is 47.6. The number of aryl methyl sites for hydroxylation is 2. The van der Waals surface area contributed by atoms with E-state index in [2.05, 4.69) is 26.3 Å². The van der Waals surface area contributed by atoms with Gasteiger partial charge in [0.15, 0.2) is 0 Å². The molecular formula is C43H58ClN7O8S. The van der Waals surface area contributed by atoms with E-state index < -0.39 is 65.0 Å². The Bertz CT molecular complexity index is 2030. The Morgan fingerprint density at radius 3 is 2.28 bits per heavy atom. The second kappa shape index (κ2) is 20.5. The van der Waals surface area contributed by atoms with Crippen molar-refractivity contribution in [2.24, 2.45) is 11.1 Å². The van der Waals surface area contributed by atoms with E-state index in [-0.39, 0.29) is 54.9 Å². The number of β-amino-alcohol motifs (C(OH)–C–C–N with tert-alkyl or cyclic N) is 1. The molecule has 3 aromatic rings. The van der Waals surface area contributed by atoms with Crippen LogP contribution in [0.2, 0.25) is 5.02 Å². The summed E-state index contributed by atoms with van der Waals surface area (Å²) in [6, 6.07) is 9.43. The van der Waals surface area contributed by atoms with Crippen LogP contribution in [0.1, 0.15) is 103 Å². The summed E-state index contributed by atoms with van der Waals surface area (Å²) in [7, 11) is 0. The lowest BCUT2D eigenvalue weighted by molar-refractivity contribution is -0.144. The number of thiazole rings is 1. The molecule has 5 atom stereocenters. The molecule has 15 nitrogen and oxygen atoms in total. The van der Waals surface area contributed by atoms with Gasteiger partial charge in [-0.25, -0.2) is 9.78 Å². The minimum Gasteiger partial charge on any atom is -0.444 e. The van der Waals surface area contributed by atoms with Crippen molar-refractivity contribution in [3.05, 3.63) is 69.8 Å². The molecule has 6 amide bonds. The molecule has 0 bridgehead atoms. The topological polar surface area (TPSA) is 222 Å². The predicted molar refractivity (Wildman–Crippen MR) is 231 cm³/mol. The number of benzene rings is 2. The third-order valence-corrected chi connectivity index (χ3v) is 11.4. The van der Waals surface area contributed by atoms with Crippen LogP contribution >= 0.6 is 22.9 Å². The number of carbonyl (C=O) groups excluding carboxylic acids is 6. The first-order valence-electron chi connectivity index (χ1n) is 20.0. The number of nitrogens with two attached hydrogens (primary N) is 1. The molecule has 0 radical (unpaired) electrons. The standard InChI is InChI=1S/C43H58ClN7O8S/c1-24(26-15-17-28(18-16-26)36-25(2)46-23-60-36)47-39(56)32-21-29(52)22-51(32)40(57)37(42(3,4)5)50-34(54)14-10-12-27-11-9-13-30(35(27)44)48-38(55)31(19-20-33(45)53)49-41(58)59-43(6,7)8/h9,11,13,15-18,23-24,29,31-32,37,52H,10,12,14,19-22H2,1-8H3,(H2,45,53)(H,47,56)(H,48,55)(H,49,58)(H,50,54)/t24-,29+,31?,32-,37+/m0/s1. The highest BCUT2D eigenvalue weighted by atomic mass is 35.5. The van der Waals surface area contributed by atoms with Gasteiger partial charge < -0.3 is 41.7 Å². The summed E-state index contributed by atoms with van der Waals surface area (Å²) >= 11 is 8.25. The molecule has 1 aliphatic heterocycles. The number of aliphatic hydroxyl groups excluding tert-OH is 1. The highest BCUT2D eigenvalue weighted by Gasteiger charge is 2.44. The molecule has 0 spiro atoms. The SMILES string of the molecule is Cc1ncsc1-c1ccc([C@H](C)NC(=O)[C@@H]2C[C@@H](O)CN2C(=O)[C@@H](NC(=O)CCCc2cccc(NC(=O)C(CCC(N)=O)NC(=O)OC(C)(C)C)c2Cl)C(C)(C)C)cc1. The van der Waals surface area contributed by atoms with Gasteiger partial charge in [-0.15, -0.1) is 11.3 Å². The number of primary amides is 1. The highest BCUT2D eigenvalue weighted by Crippen LogP contribution is 2.31. The maximum Gasteiger partial charge on any atom is 0.408 e. The van der Waals surface area contributed by atoms with E-state index in [0.29, 0.717) is 18.4 Å². The fourth-order valence-electron chi connectivity index (χ4n) is 6.78. The predicted octanol–water partition coefficient (Wildman–Crippen LogP) is 5.56. The average Bonchev–Trinajstić information content (AvgIpc) is 3.77. The lowest BCUT2D eigenvalue weighted by atomic mass is 9.85. The van der Waals surface area contributed by atoms with Crippen LogP contribution in [0.15, 0.2) is 48.0 Å². The Morgan fingerprint density at radius 2 is 1.68 bits per heavy atom. The van der Waals surface area contributed by atoms with Gasteiger partial charge in [0, 0.05) is 25.8 Å². The monoisotopic (exact) mass is 867 g/mol. The van der Waals surface area contributed by atoms with Crippen molar-refractivity contribution < 1.29 is 38.6 Å². The van der Waals surface area contributed by atoms with Gasteiger partial charge in [-0.3, -0.25) is 24.0 Å². The number of carbonyl (C=O) groups is 6. The number of ether oxygens (including phenoxy) is 1. The van der Waals surface area contributed by atoms with E-state index in [0.717, 1.165) is 21.7 Å². The molecule has 2 heterocycles. The maximum absolute atomic E-state index is 14.1. The van der Waals surface area contributed by atoms with Crippen LogP contribution in [0, 0.1) is 12.3 Å². The summed E-state index contributed by atoms with van der Waals surface area (Å²) in [4.78, 5) is 85.1. The third kappa shape index (κ3) is 13.5. The number of hydrogen-bond donors (Lipinski definition) is 6. The molecule has 1 aliphatic rings. The summed E-state index contributed by atoms with van der Waals surface area (Å²) in [6.45, 7) is 14.2. The van der Waals surface area contributed by atoms with Crippen molar-refractivity contribution in [1.82, 2.24) is 25.8 Å². The van der Waals surface area contributed by atoms with Gasteiger partial charge in [-0.05, 0) is 82.1 Å². The summed E-state index contributed by atoms with van der Waals surface area (Å²) in [5.74, 6) is -2.53. The molecule has 1 saturated heterocycles. The summed E-state index contributed by atoms with van der Waals surface area (Å²) in [5.41, 5.74) is 9.29. The van der Waals surface area contributed by atoms with E-state index in [1.807, 2.05) is 58.9 Å². The Labute approximate surface area is 360 Å². The van der Waals surface area contributed by atoms with Crippen molar-refractivity contribution in [1.29, 1.82) is 0 Å². The largest absolute Gasteiger partial charge is 0.444 e. The van der Waals surface area contributed by atoms with Gasteiger partial charge in [0.1, 0.15) is 23.7 Å². The zero-order chi connectivity index (χ0) is 44.5. The second-order valence-corrected chi connectivity index (χ2v) is 18.4. The van der Waals surface area contributed by atoms with Gasteiger partial charge in [0.25, 0.3) is 0 Å². The number of nitrogens with one attached hydrogen (secondary N) is 4. The molecule has 4 rings (SSSR count). The van der Waals surface area contributed by atoms with Gasteiger partial charge >= 0.3 is 6.09 Å². The van der Waals surface area contributed by atoms with Gasteiger partial charge in [0.2, 0.25) is 29.5 Å². The molecule has 7 N–H and O–H groups in total. The van der Waals surface area contributed by atoms with Crippen LogP contribution in [0.25, 0.3) is 10.4 Å². The number of amides is 6. The van der Waals surface area contributed by atoms with E-state index in [4.69, 9.17) is 22.1 Å². The highest BCUT2D eigenvalue weighted by molar-refractivity contribution is 7.13. The second-order valence-electron chi connectivity index (χ2n) is 17.2. The van der Waals surface area contributed by atoms with Crippen LogP contribution in [-0.2, 0) is 35.1 Å². The molecule has 1 fully saturated rings. The summed E-state index contributed by atoms with van der Waals surface area (Å²) < 4.78 is 5.27. The minimum absolute atomic E-state index is 0.0349. The number of aliphatic hydroxyl groups is 1. The molecule has 326 valence electrons. The van der Waals surface area contributed by atoms with Crippen molar-refractivity contribution in [2.75, 3.05) is 11.9 Å². The lowest BCUT2D eigenvalue weighted by Crippen LogP contribution is -2.57. The van der Waals surface area contributed by atoms with Crippen molar-refractivity contribution in [3.63, 3.8) is 0 Å². The number of halogens is 1. The maximum atomic E-state index is 14.1. The van der Waals surface area contributed by atoms with Crippen LogP contribution in [0.5, 0.6) is 0 Å². The molecule has 60 heavy (non-hydrogen) atoms. The number of aromatic nitrogens is 1. The molecule has 17 heteroatoms. The quantitative estimate of drug-likeness (QED) is 0.106. The number of hydrogen-bond acceptors (Lipinski definition) is 10. The minimum atomic E-state index is -1.14. The Hall–Kier alpha value is -5.06. The number of likely N-dealkylation sites (tertiary alicyclic amines) is 1. The van der Waals surface area contributed by atoms with E-state index in [1.54, 1.807) is 55.8 Å². The molecule has 1 unspecified atom stereocenters. The Kier molecular flexibility index (Phi) is 16.2. The molecule has 1 aromatic heterocycles. The fraction of sp³-hybridized carbons (Fsp3) is 0.512. The Morgan fingerprint density at radius 1 is 1.00 bits per heavy atom. The Balaban J connectivity index is 1.36. The normalized spacial score (nSPS) is 16.9. The van der Waals surface area contributed by atoms with Gasteiger partial charge in [-0.1, -0.05) is 68.8 Å². The fourth-order valence-corrected chi connectivity index (χ4v) is 7.86. The zero-order valence-electron chi connectivity index (χ0n) is 35.5. The van der Waals surface area contributed by atoms with Crippen molar-refractivity contribution in [3.8, 4) is 10.4 Å². The smallest absolute Gasteiger partial charge is 0.408 e. The third-order valence-electron chi connectivity index (χ3n) is 9.93. The summed E-state index contributed by atoms with van der Waals surface area (Å²) in [6.07, 6.45) is -1.20. The molecular weight excluding hydrogens is 810 g/mol. The average molecular weight is 868 g/mol. The van der Waals surface area contributed by atoms with Crippen molar-refractivity contribution >= 4 is 64.3 Å². The summed E-state index contributed by atoms with van der Waals surface area (Å²) in [5, 5.41) is 22.0. The first-order chi connectivity index (χ1) is 28.0. The molecule has 2 aromatic carbocycles. The first-order valence-corrected chi connectivity index (χ1v) is 21.2. The zero-order valence-corrected chi connectivity index (χ0v) is 37.1. The number of rotatable bonds is 16. The molecule has 0 aliphatic carbocycles. The van der Waals surface area contributed by atoms with Crippen LogP contribution in [0.4, 0.5) is 10.5 Å². The number of nitrogens with zero attached hydrogens (tertiary/aromatic N) is 2. The van der Waals surface area contributed by atoms with Crippen molar-refractivity contribution in [2.45, 2.75) is 130 Å². The van der Waals surface area contributed by atoms with Gasteiger partial charge in [-0.2, -0.15) is 0 Å².